The van der Waals surface area contributed by atoms with Crippen molar-refractivity contribution in [3.63, 3.8) is 0 Å². The molecule has 0 aliphatic rings. The van der Waals surface area contributed by atoms with Crippen molar-refractivity contribution in [1.29, 1.82) is 0 Å². The Kier molecular flexibility index (Phi) is 4.99. The number of aliphatic hydroxyl groups is 3. The number of rotatable bonds is 6. The van der Waals surface area contributed by atoms with E-state index in [4.69, 9.17) is 9.15 Å². The molecule has 1 heterocycles. The Balaban J connectivity index is 2.41. The SMILES string of the molecule is COc1ccc2cc(C(=O)NC(CO)(CO)CO)c(=O)oc2c1. The van der Waals surface area contributed by atoms with Crippen molar-refractivity contribution in [3.8, 4) is 5.75 Å². The van der Waals surface area contributed by atoms with Crippen molar-refractivity contribution < 1.29 is 29.3 Å². The third-order valence-corrected chi connectivity index (χ3v) is 3.47. The number of methoxy groups -OCH3 is 1. The largest absolute Gasteiger partial charge is 0.497 e. The lowest BCUT2D eigenvalue weighted by Gasteiger charge is -2.28. The summed E-state index contributed by atoms with van der Waals surface area (Å²) in [6.45, 7) is -2.08. The summed E-state index contributed by atoms with van der Waals surface area (Å²) in [6.07, 6.45) is 0. The van der Waals surface area contributed by atoms with E-state index < -0.39 is 36.9 Å². The van der Waals surface area contributed by atoms with E-state index >= 15 is 0 Å². The van der Waals surface area contributed by atoms with Gasteiger partial charge in [-0.2, -0.15) is 0 Å². The summed E-state index contributed by atoms with van der Waals surface area (Å²) in [4.78, 5) is 24.2. The van der Waals surface area contributed by atoms with Crippen molar-refractivity contribution in [2.75, 3.05) is 26.9 Å². The first-order chi connectivity index (χ1) is 11.0. The quantitative estimate of drug-likeness (QED) is 0.515. The lowest BCUT2D eigenvalue weighted by Crippen LogP contribution is -2.57. The van der Waals surface area contributed by atoms with Crippen LogP contribution in [-0.4, -0.2) is 53.7 Å². The number of nitrogens with one attached hydrogen (secondary N) is 1. The molecule has 0 atom stereocenters. The molecular formula is C15H17NO7. The van der Waals surface area contributed by atoms with Gasteiger partial charge in [-0.1, -0.05) is 0 Å². The molecule has 0 saturated heterocycles. The maximum Gasteiger partial charge on any atom is 0.349 e. The Morgan fingerprint density at radius 1 is 1.22 bits per heavy atom. The summed E-state index contributed by atoms with van der Waals surface area (Å²) in [7, 11) is 1.47. The number of fused-ring (bicyclic) bond motifs is 1. The number of hydrogen-bond acceptors (Lipinski definition) is 7. The number of benzene rings is 1. The van der Waals surface area contributed by atoms with Gasteiger partial charge in [0.1, 0.15) is 22.4 Å². The molecule has 0 bridgehead atoms. The lowest BCUT2D eigenvalue weighted by atomic mass is 10.0. The Morgan fingerprint density at radius 2 is 1.87 bits per heavy atom. The molecule has 0 saturated carbocycles. The molecule has 2 rings (SSSR count). The maximum atomic E-state index is 12.2. The fourth-order valence-electron chi connectivity index (χ4n) is 1.95. The summed E-state index contributed by atoms with van der Waals surface area (Å²) in [5, 5.41) is 30.4. The molecule has 124 valence electrons. The third-order valence-electron chi connectivity index (χ3n) is 3.47. The number of carbonyl (C=O) groups excluding carboxylic acids is 1. The van der Waals surface area contributed by atoms with E-state index in [1.807, 2.05) is 0 Å². The predicted molar refractivity (Wildman–Crippen MR) is 80.5 cm³/mol. The third kappa shape index (κ3) is 3.34. The molecule has 8 nitrogen and oxygen atoms in total. The molecule has 1 amide bonds. The maximum absolute atomic E-state index is 12.2. The first kappa shape index (κ1) is 16.9. The number of ether oxygens (including phenoxy) is 1. The van der Waals surface area contributed by atoms with Gasteiger partial charge in [-0.15, -0.1) is 0 Å². The molecular weight excluding hydrogens is 306 g/mol. The van der Waals surface area contributed by atoms with Gasteiger partial charge in [-0.3, -0.25) is 4.79 Å². The van der Waals surface area contributed by atoms with Gasteiger partial charge in [0.25, 0.3) is 5.91 Å². The predicted octanol–water partition coefficient (Wildman–Crippen LogP) is -0.753. The topological polar surface area (TPSA) is 129 Å². The molecule has 0 spiro atoms. The second kappa shape index (κ2) is 6.78. The fraction of sp³-hybridized carbons (Fsp3) is 0.333. The normalized spacial score (nSPS) is 11.5. The summed E-state index contributed by atoms with van der Waals surface area (Å²) in [6, 6.07) is 6.10. The van der Waals surface area contributed by atoms with E-state index in [2.05, 4.69) is 5.32 Å². The first-order valence-corrected chi connectivity index (χ1v) is 6.75. The van der Waals surface area contributed by atoms with Gasteiger partial charge in [0.15, 0.2) is 0 Å². The lowest BCUT2D eigenvalue weighted by molar-refractivity contribution is 0.0374. The van der Waals surface area contributed by atoms with Crippen LogP contribution < -0.4 is 15.7 Å². The van der Waals surface area contributed by atoms with Crippen molar-refractivity contribution in [1.82, 2.24) is 5.32 Å². The van der Waals surface area contributed by atoms with Crippen LogP contribution in [0.4, 0.5) is 0 Å². The van der Waals surface area contributed by atoms with Gasteiger partial charge in [0.05, 0.1) is 26.9 Å². The van der Waals surface area contributed by atoms with E-state index in [9.17, 15) is 24.9 Å². The van der Waals surface area contributed by atoms with Crippen LogP contribution in [0.25, 0.3) is 11.0 Å². The van der Waals surface area contributed by atoms with Crippen molar-refractivity contribution in [2.45, 2.75) is 5.54 Å². The number of amides is 1. The monoisotopic (exact) mass is 323 g/mol. The van der Waals surface area contributed by atoms with Crippen LogP contribution >= 0.6 is 0 Å². The fourth-order valence-corrected chi connectivity index (χ4v) is 1.95. The molecule has 1 aromatic heterocycles. The molecule has 0 aliphatic carbocycles. The van der Waals surface area contributed by atoms with Gasteiger partial charge in [0.2, 0.25) is 0 Å². The molecule has 0 radical (unpaired) electrons. The molecule has 2 aromatic rings. The van der Waals surface area contributed by atoms with Gasteiger partial charge in [0, 0.05) is 11.5 Å². The number of hydrogen-bond donors (Lipinski definition) is 4. The summed E-state index contributed by atoms with van der Waals surface area (Å²) in [5.74, 6) is -0.369. The number of aliphatic hydroxyl groups excluding tert-OH is 3. The van der Waals surface area contributed by atoms with Crippen molar-refractivity contribution >= 4 is 16.9 Å². The zero-order chi connectivity index (χ0) is 17.0. The smallest absolute Gasteiger partial charge is 0.349 e. The second-order valence-electron chi connectivity index (χ2n) is 5.06. The minimum absolute atomic E-state index is 0.253. The van der Waals surface area contributed by atoms with Crippen LogP contribution in [0, 0.1) is 0 Å². The van der Waals surface area contributed by atoms with Gasteiger partial charge < -0.3 is 29.8 Å². The highest BCUT2D eigenvalue weighted by atomic mass is 16.5. The average molecular weight is 323 g/mol. The van der Waals surface area contributed by atoms with Crippen molar-refractivity contribution in [2.24, 2.45) is 0 Å². The van der Waals surface area contributed by atoms with Crippen LogP contribution in [-0.2, 0) is 0 Å². The Morgan fingerprint density at radius 3 is 2.43 bits per heavy atom. The van der Waals surface area contributed by atoms with Crippen LogP contribution in [0.2, 0.25) is 0 Å². The second-order valence-corrected chi connectivity index (χ2v) is 5.06. The van der Waals surface area contributed by atoms with Gasteiger partial charge in [-0.25, -0.2) is 4.79 Å². The molecule has 8 heteroatoms. The molecule has 23 heavy (non-hydrogen) atoms. The highest BCUT2D eigenvalue weighted by Gasteiger charge is 2.31. The zero-order valence-corrected chi connectivity index (χ0v) is 12.4. The zero-order valence-electron chi connectivity index (χ0n) is 12.4. The highest BCUT2D eigenvalue weighted by molar-refractivity contribution is 5.97. The molecule has 0 aliphatic heterocycles. The molecule has 1 aromatic carbocycles. The summed E-state index contributed by atoms with van der Waals surface area (Å²) < 4.78 is 10.1. The molecule has 4 N–H and O–H groups in total. The standard InChI is InChI=1S/C15H17NO7/c1-22-10-3-2-9-4-11(14(21)23-12(9)5-10)13(20)16-15(6-17,7-18)8-19/h2-5,17-19H,6-8H2,1H3,(H,16,20). The Bertz CT molecular complexity index is 756. The average Bonchev–Trinajstić information content (AvgIpc) is 2.58. The first-order valence-electron chi connectivity index (χ1n) is 6.75. The summed E-state index contributed by atoms with van der Waals surface area (Å²) in [5.41, 5.74) is -2.56. The van der Waals surface area contributed by atoms with Crippen LogP contribution in [0.1, 0.15) is 10.4 Å². The van der Waals surface area contributed by atoms with Gasteiger partial charge in [-0.05, 0) is 18.2 Å². The summed E-state index contributed by atoms with van der Waals surface area (Å²) >= 11 is 0. The molecule has 0 fully saturated rings. The minimum atomic E-state index is -1.63. The van der Waals surface area contributed by atoms with E-state index in [1.54, 1.807) is 12.1 Å². The van der Waals surface area contributed by atoms with E-state index in [0.717, 1.165) is 0 Å². The van der Waals surface area contributed by atoms with Crippen molar-refractivity contribution in [3.05, 3.63) is 40.2 Å². The Hall–Kier alpha value is -2.42. The Labute approximate surface area is 130 Å². The van der Waals surface area contributed by atoms with E-state index in [1.165, 1.54) is 19.2 Å². The van der Waals surface area contributed by atoms with E-state index in [0.29, 0.717) is 11.1 Å². The van der Waals surface area contributed by atoms with Crippen LogP contribution in [0.3, 0.4) is 0 Å². The highest BCUT2D eigenvalue weighted by Crippen LogP contribution is 2.20. The van der Waals surface area contributed by atoms with Crippen LogP contribution in [0.15, 0.2) is 33.5 Å². The van der Waals surface area contributed by atoms with Gasteiger partial charge >= 0.3 is 5.63 Å². The number of carbonyl (C=O) groups is 1. The van der Waals surface area contributed by atoms with Crippen LogP contribution in [0.5, 0.6) is 5.75 Å². The molecule has 0 unspecified atom stereocenters. The minimum Gasteiger partial charge on any atom is -0.497 e. The van der Waals surface area contributed by atoms with E-state index in [-0.39, 0.29) is 11.1 Å².